The molecule has 6 aromatic carbocycles. The van der Waals surface area contributed by atoms with E-state index < -0.39 is 0 Å². The Balaban J connectivity index is 1.20. The van der Waals surface area contributed by atoms with Crippen molar-refractivity contribution in [1.29, 1.82) is 0 Å². The summed E-state index contributed by atoms with van der Waals surface area (Å²) in [5, 5.41) is 4.57. The normalized spacial score (nSPS) is 13.1. The van der Waals surface area contributed by atoms with Gasteiger partial charge in [0.05, 0.1) is 13.2 Å². The maximum Gasteiger partial charge on any atom is 0.143 e. The van der Waals surface area contributed by atoms with Crippen LogP contribution in [-0.4, -0.2) is 0 Å². The third-order valence-corrected chi connectivity index (χ3v) is 8.45. The molecular weight excluding hydrogens is 504 g/mol. The number of benzene rings is 6. The van der Waals surface area contributed by atoms with Gasteiger partial charge >= 0.3 is 0 Å². The van der Waals surface area contributed by atoms with Crippen molar-refractivity contribution in [1.82, 2.24) is 0 Å². The van der Waals surface area contributed by atoms with Crippen LogP contribution in [0.2, 0.25) is 0 Å². The highest BCUT2D eigenvalue weighted by Gasteiger charge is 2.19. The van der Waals surface area contributed by atoms with Crippen LogP contribution >= 0.6 is 0 Å². The third-order valence-electron chi connectivity index (χ3n) is 8.45. The Bertz CT molecular complexity index is 2300. The van der Waals surface area contributed by atoms with Crippen LogP contribution < -0.4 is 0 Å². The van der Waals surface area contributed by atoms with Crippen LogP contribution in [0.15, 0.2) is 130 Å². The predicted molar refractivity (Wildman–Crippen MR) is 166 cm³/mol. The third kappa shape index (κ3) is 3.49. The fourth-order valence-corrected chi connectivity index (χ4v) is 6.40. The molecule has 2 aromatic heterocycles. The summed E-state index contributed by atoms with van der Waals surface area (Å²) in [7, 11) is 0. The van der Waals surface area contributed by atoms with Crippen LogP contribution in [0.5, 0.6) is 0 Å². The van der Waals surface area contributed by atoms with Crippen LogP contribution in [0.4, 0.5) is 0 Å². The monoisotopic (exact) mass is 528 g/mol. The van der Waals surface area contributed by atoms with E-state index in [4.69, 9.17) is 13.6 Å². The molecule has 0 saturated heterocycles. The topological polar surface area (TPSA) is 35.5 Å². The second-order valence-electron chi connectivity index (χ2n) is 10.8. The minimum Gasteiger partial charge on any atom is -0.456 e. The molecule has 0 N–H and O–H groups in total. The molecule has 9 rings (SSSR count). The van der Waals surface area contributed by atoms with E-state index in [2.05, 4.69) is 97.1 Å². The quantitative estimate of drug-likeness (QED) is 0.224. The Labute approximate surface area is 236 Å². The van der Waals surface area contributed by atoms with E-state index in [1.807, 2.05) is 24.3 Å². The van der Waals surface area contributed by atoms with Gasteiger partial charge in [0.15, 0.2) is 0 Å². The molecular formula is C38H24O3. The van der Waals surface area contributed by atoms with E-state index >= 15 is 0 Å². The van der Waals surface area contributed by atoms with E-state index in [0.29, 0.717) is 13.2 Å². The standard InChI is InChI=1S/C38H24O3/c1-3-10-35-29(6-1)31-17-16-24(20-37(31)40-35)23-12-14-26-21-39-22-27-15-13-25(19-34(27)33(26)18-23)28-8-5-9-32-30-7-2-4-11-36(30)41-38(28)32/h1-20H,21-22H2. The molecule has 8 aromatic rings. The zero-order chi connectivity index (χ0) is 26.9. The van der Waals surface area contributed by atoms with Crippen molar-refractivity contribution in [2.45, 2.75) is 13.2 Å². The minimum absolute atomic E-state index is 0.583. The Kier molecular flexibility index (Phi) is 4.80. The summed E-state index contributed by atoms with van der Waals surface area (Å²) in [6.45, 7) is 1.17. The number of hydrogen-bond donors (Lipinski definition) is 0. The Morgan fingerprint density at radius 3 is 1.78 bits per heavy atom. The molecule has 0 bridgehead atoms. The van der Waals surface area contributed by atoms with Crippen molar-refractivity contribution in [3.8, 4) is 33.4 Å². The lowest BCUT2D eigenvalue weighted by Gasteiger charge is -2.13. The van der Waals surface area contributed by atoms with Crippen molar-refractivity contribution >= 4 is 43.9 Å². The van der Waals surface area contributed by atoms with Crippen LogP contribution in [0.25, 0.3) is 77.3 Å². The number of furan rings is 2. The first kappa shape index (κ1) is 22.7. The van der Waals surface area contributed by atoms with Gasteiger partial charge in [-0.05, 0) is 75.3 Å². The van der Waals surface area contributed by atoms with Crippen LogP contribution in [0.3, 0.4) is 0 Å². The number of fused-ring (bicyclic) bond motifs is 9. The number of ether oxygens (including phenoxy) is 1. The lowest BCUT2D eigenvalue weighted by atomic mass is 9.90. The SMILES string of the molecule is c1ccc2c(c1)oc1cc(-c3ccc4c(c3)-c3cc(-c5cccc6c5oc5ccccc56)ccc3COC4)ccc12. The lowest BCUT2D eigenvalue weighted by molar-refractivity contribution is 0.110. The van der Waals surface area contributed by atoms with E-state index in [-0.39, 0.29) is 0 Å². The first-order chi connectivity index (χ1) is 20.3. The zero-order valence-electron chi connectivity index (χ0n) is 22.2. The van der Waals surface area contributed by atoms with E-state index in [1.54, 1.807) is 0 Å². The fourth-order valence-electron chi connectivity index (χ4n) is 6.40. The highest BCUT2D eigenvalue weighted by atomic mass is 16.5. The number of para-hydroxylation sites is 3. The molecule has 0 unspecified atom stereocenters. The molecule has 1 aliphatic heterocycles. The van der Waals surface area contributed by atoms with Gasteiger partial charge in [-0.25, -0.2) is 0 Å². The Morgan fingerprint density at radius 2 is 0.976 bits per heavy atom. The molecule has 3 heterocycles. The maximum atomic E-state index is 6.38. The van der Waals surface area contributed by atoms with Crippen LogP contribution in [0, 0.1) is 0 Å². The second kappa shape index (κ2) is 8.69. The molecule has 0 aliphatic carbocycles. The molecule has 3 nitrogen and oxygen atoms in total. The molecule has 194 valence electrons. The molecule has 0 fully saturated rings. The first-order valence-corrected chi connectivity index (χ1v) is 14.0. The fraction of sp³-hybridized carbons (Fsp3) is 0.0526. The van der Waals surface area contributed by atoms with Gasteiger partial charge in [0, 0.05) is 27.1 Å². The predicted octanol–water partition coefficient (Wildman–Crippen LogP) is 10.5. The summed E-state index contributed by atoms with van der Waals surface area (Å²) in [6.07, 6.45) is 0. The molecule has 0 spiro atoms. The summed E-state index contributed by atoms with van der Waals surface area (Å²) in [6, 6.07) is 42.8. The van der Waals surface area contributed by atoms with Gasteiger partial charge < -0.3 is 13.6 Å². The highest BCUT2D eigenvalue weighted by molar-refractivity contribution is 6.10. The van der Waals surface area contributed by atoms with Gasteiger partial charge in [-0.3, -0.25) is 0 Å². The average Bonchev–Trinajstić information content (AvgIpc) is 3.53. The largest absolute Gasteiger partial charge is 0.456 e. The lowest BCUT2D eigenvalue weighted by Crippen LogP contribution is -1.91. The molecule has 0 atom stereocenters. The molecule has 3 heteroatoms. The van der Waals surface area contributed by atoms with Crippen molar-refractivity contribution in [2.75, 3.05) is 0 Å². The van der Waals surface area contributed by atoms with Gasteiger partial charge in [0.1, 0.15) is 22.3 Å². The molecule has 41 heavy (non-hydrogen) atoms. The minimum atomic E-state index is 0.583. The van der Waals surface area contributed by atoms with Gasteiger partial charge in [0.25, 0.3) is 0 Å². The summed E-state index contributed by atoms with van der Waals surface area (Å²) in [4.78, 5) is 0. The van der Waals surface area contributed by atoms with Crippen LogP contribution in [0.1, 0.15) is 11.1 Å². The van der Waals surface area contributed by atoms with Gasteiger partial charge in [-0.1, -0.05) is 84.9 Å². The molecule has 0 radical (unpaired) electrons. The zero-order valence-corrected chi connectivity index (χ0v) is 22.2. The summed E-state index contributed by atoms with van der Waals surface area (Å²) in [5.74, 6) is 0. The molecule has 1 aliphatic rings. The number of rotatable bonds is 2. The van der Waals surface area contributed by atoms with Gasteiger partial charge in [0.2, 0.25) is 0 Å². The van der Waals surface area contributed by atoms with Crippen molar-refractivity contribution in [2.24, 2.45) is 0 Å². The van der Waals surface area contributed by atoms with E-state index in [0.717, 1.165) is 66.1 Å². The van der Waals surface area contributed by atoms with Gasteiger partial charge in [-0.15, -0.1) is 0 Å². The molecule has 0 saturated carbocycles. The average molecular weight is 529 g/mol. The first-order valence-electron chi connectivity index (χ1n) is 14.0. The smallest absolute Gasteiger partial charge is 0.143 e. The Hall–Kier alpha value is -5.12. The van der Waals surface area contributed by atoms with Crippen molar-refractivity contribution in [3.63, 3.8) is 0 Å². The maximum absolute atomic E-state index is 6.38. The Morgan fingerprint density at radius 1 is 0.390 bits per heavy atom. The van der Waals surface area contributed by atoms with Gasteiger partial charge in [-0.2, -0.15) is 0 Å². The van der Waals surface area contributed by atoms with E-state index in [1.165, 1.54) is 22.3 Å². The highest BCUT2D eigenvalue weighted by Crippen LogP contribution is 2.41. The summed E-state index contributed by atoms with van der Waals surface area (Å²) >= 11 is 0. The van der Waals surface area contributed by atoms with E-state index in [9.17, 15) is 0 Å². The van der Waals surface area contributed by atoms with Crippen LogP contribution in [-0.2, 0) is 18.0 Å². The summed E-state index contributed by atoms with van der Waals surface area (Å²) in [5.41, 5.74) is 13.0. The van der Waals surface area contributed by atoms with Crippen molar-refractivity contribution in [3.05, 3.63) is 132 Å². The second-order valence-corrected chi connectivity index (χ2v) is 10.8. The van der Waals surface area contributed by atoms with Crippen molar-refractivity contribution < 1.29 is 13.6 Å². The molecule has 0 amide bonds. The summed E-state index contributed by atoms with van der Waals surface area (Å²) < 4.78 is 18.7. The number of hydrogen-bond acceptors (Lipinski definition) is 3.